The number of hydrogen-bond acceptors (Lipinski definition) is 3. The van der Waals surface area contributed by atoms with E-state index in [-0.39, 0.29) is 11.7 Å². The van der Waals surface area contributed by atoms with Gasteiger partial charge in [-0.25, -0.2) is 4.39 Å². The highest BCUT2D eigenvalue weighted by atomic mass is 35.5. The van der Waals surface area contributed by atoms with Crippen LogP contribution in [0.5, 0.6) is 0 Å². The Morgan fingerprint density at radius 2 is 2.00 bits per heavy atom. The van der Waals surface area contributed by atoms with Crippen LogP contribution >= 0.6 is 11.6 Å². The molecule has 2 unspecified atom stereocenters. The number of nitrogens with two attached hydrogens (primary N) is 1. The lowest BCUT2D eigenvalue weighted by Gasteiger charge is -2.07. The van der Waals surface area contributed by atoms with E-state index in [1.165, 1.54) is 25.3 Å². The molecule has 1 aromatic carbocycles. The summed E-state index contributed by atoms with van der Waals surface area (Å²) in [5, 5.41) is 4.43. The highest BCUT2D eigenvalue weighted by molar-refractivity contribution is 6.33. The molecular weight excluding hydrogens is 279 g/mol. The summed E-state index contributed by atoms with van der Waals surface area (Å²) in [5.41, 5.74) is 7.52. The van der Waals surface area contributed by atoms with Gasteiger partial charge in [0.25, 0.3) is 0 Å². The number of rotatable bonds is 2. The van der Waals surface area contributed by atoms with Gasteiger partial charge in [0.05, 0.1) is 16.3 Å². The Hall–Kier alpha value is -1.55. The maximum absolute atomic E-state index is 14.1. The minimum absolute atomic E-state index is 0.150. The van der Waals surface area contributed by atoms with E-state index < -0.39 is 0 Å². The first-order valence-corrected chi connectivity index (χ1v) is 7.25. The molecule has 0 bridgehead atoms. The second-order valence-electron chi connectivity index (χ2n) is 5.69. The van der Waals surface area contributed by atoms with E-state index in [1.54, 1.807) is 12.1 Å². The van der Waals surface area contributed by atoms with Crippen molar-refractivity contribution in [2.45, 2.75) is 25.2 Å². The Balaban J connectivity index is 1.84. The van der Waals surface area contributed by atoms with Gasteiger partial charge in [-0.2, -0.15) is 0 Å². The van der Waals surface area contributed by atoms with E-state index in [4.69, 9.17) is 21.9 Å². The standard InChI is InChI=1S/C15H14ClFN2O/c16-9-5-2-6-10(17)12(9)13-14(19-20-15(13)18)11-7-3-1-4-8(7)11/h2,5-8,11H,1,3-4,18H2. The first kappa shape index (κ1) is 12.2. The van der Waals surface area contributed by atoms with Crippen molar-refractivity contribution >= 4 is 17.5 Å². The summed E-state index contributed by atoms with van der Waals surface area (Å²) in [6.45, 7) is 0. The fourth-order valence-electron chi connectivity index (χ4n) is 3.76. The van der Waals surface area contributed by atoms with Crippen LogP contribution in [-0.2, 0) is 0 Å². The van der Waals surface area contributed by atoms with Gasteiger partial charge in [0.2, 0.25) is 5.88 Å². The zero-order valence-corrected chi connectivity index (χ0v) is 11.5. The van der Waals surface area contributed by atoms with Crippen LogP contribution in [0.25, 0.3) is 11.1 Å². The zero-order chi connectivity index (χ0) is 13.9. The number of halogens is 2. The third-order valence-electron chi connectivity index (χ3n) is 4.68. The molecule has 5 heteroatoms. The van der Waals surface area contributed by atoms with Crippen LogP contribution in [0.1, 0.15) is 30.9 Å². The predicted molar refractivity (Wildman–Crippen MR) is 74.9 cm³/mol. The molecule has 4 rings (SSSR count). The summed E-state index contributed by atoms with van der Waals surface area (Å²) >= 11 is 6.15. The number of anilines is 1. The van der Waals surface area contributed by atoms with Crippen molar-refractivity contribution in [1.82, 2.24) is 5.16 Å². The molecule has 0 aliphatic heterocycles. The van der Waals surface area contributed by atoms with Gasteiger partial charge in [-0.1, -0.05) is 29.2 Å². The van der Waals surface area contributed by atoms with Gasteiger partial charge in [0.15, 0.2) is 0 Å². The average molecular weight is 293 g/mol. The Morgan fingerprint density at radius 3 is 2.70 bits per heavy atom. The molecule has 0 saturated heterocycles. The Labute approximate surface area is 120 Å². The van der Waals surface area contributed by atoms with Gasteiger partial charge < -0.3 is 10.3 Å². The van der Waals surface area contributed by atoms with E-state index in [1.807, 2.05) is 0 Å². The normalized spacial score (nSPS) is 27.6. The maximum Gasteiger partial charge on any atom is 0.230 e. The molecule has 2 aliphatic rings. The first-order chi connectivity index (χ1) is 9.68. The Kier molecular flexibility index (Phi) is 2.58. The van der Waals surface area contributed by atoms with Crippen molar-refractivity contribution in [2.24, 2.45) is 11.8 Å². The van der Waals surface area contributed by atoms with Gasteiger partial charge in [0, 0.05) is 11.5 Å². The molecule has 2 saturated carbocycles. The average Bonchev–Trinajstić information content (AvgIpc) is 2.76. The number of nitrogen functional groups attached to an aromatic ring is 1. The van der Waals surface area contributed by atoms with Crippen LogP contribution in [0.3, 0.4) is 0 Å². The van der Waals surface area contributed by atoms with Crippen molar-refractivity contribution in [1.29, 1.82) is 0 Å². The number of aromatic nitrogens is 1. The highest BCUT2D eigenvalue weighted by Crippen LogP contribution is 2.64. The molecule has 1 aromatic heterocycles. The van der Waals surface area contributed by atoms with Gasteiger partial charge in [-0.05, 0) is 36.8 Å². The fourth-order valence-corrected chi connectivity index (χ4v) is 4.02. The van der Waals surface area contributed by atoms with E-state index >= 15 is 0 Å². The van der Waals surface area contributed by atoms with Gasteiger partial charge >= 0.3 is 0 Å². The topological polar surface area (TPSA) is 52.0 Å². The molecule has 2 fully saturated rings. The van der Waals surface area contributed by atoms with Crippen LogP contribution < -0.4 is 5.73 Å². The van der Waals surface area contributed by atoms with Gasteiger partial charge in [-0.15, -0.1) is 0 Å². The van der Waals surface area contributed by atoms with Crippen LogP contribution in [0.4, 0.5) is 10.3 Å². The summed E-state index contributed by atoms with van der Waals surface area (Å²) in [5.74, 6) is 1.43. The van der Waals surface area contributed by atoms with Crippen molar-refractivity contribution in [3.63, 3.8) is 0 Å². The van der Waals surface area contributed by atoms with Crippen molar-refractivity contribution in [3.8, 4) is 11.1 Å². The van der Waals surface area contributed by atoms with E-state index in [0.717, 1.165) is 5.69 Å². The molecule has 2 N–H and O–H groups in total. The second-order valence-corrected chi connectivity index (χ2v) is 6.10. The molecule has 1 heterocycles. The van der Waals surface area contributed by atoms with Crippen LogP contribution in [0.15, 0.2) is 22.7 Å². The van der Waals surface area contributed by atoms with Crippen LogP contribution in [0, 0.1) is 17.7 Å². The monoisotopic (exact) mass is 292 g/mol. The fraction of sp³-hybridized carbons (Fsp3) is 0.400. The Morgan fingerprint density at radius 1 is 1.25 bits per heavy atom. The molecular formula is C15H14ClFN2O. The van der Waals surface area contributed by atoms with Crippen molar-refractivity contribution < 1.29 is 8.91 Å². The number of benzene rings is 1. The third kappa shape index (κ3) is 1.61. The SMILES string of the molecule is Nc1onc(C2C3CCCC32)c1-c1c(F)cccc1Cl. The maximum atomic E-state index is 14.1. The Bertz CT molecular complexity index is 654. The van der Waals surface area contributed by atoms with Gasteiger partial charge in [0.1, 0.15) is 5.82 Å². The summed E-state index contributed by atoms with van der Waals surface area (Å²) < 4.78 is 19.3. The molecule has 0 radical (unpaired) electrons. The van der Waals surface area contributed by atoms with Crippen molar-refractivity contribution in [3.05, 3.63) is 34.7 Å². The smallest absolute Gasteiger partial charge is 0.230 e. The zero-order valence-electron chi connectivity index (χ0n) is 10.8. The van der Waals surface area contributed by atoms with Crippen LogP contribution in [0.2, 0.25) is 5.02 Å². The summed E-state index contributed by atoms with van der Waals surface area (Å²) in [7, 11) is 0. The quantitative estimate of drug-likeness (QED) is 0.901. The minimum Gasteiger partial charge on any atom is -0.367 e. The molecule has 0 amide bonds. The molecule has 2 aromatic rings. The van der Waals surface area contributed by atoms with Crippen molar-refractivity contribution in [2.75, 3.05) is 5.73 Å². The lowest BCUT2D eigenvalue weighted by atomic mass is 9.99. The summed E-state index contributed by atoms with van der Waals surface area (Å²) in [6.07, 6.45) is 3.70. The van der Waals surface area contributed by atoms with E-state index in [9.17, 15) is 4.39 Å². The second kappa shape index (κ2) is 4.22. The number of fused-ring (bicyclic) bond motifs is 1. The predicted octanol–water partition coefficient (Wildman–Crippen LogP) is 4.23. The molecule has 2 aliphatic carbocycles. The molecule has 0 spiro atoms. The molecule has 2 atom stereocenters. The van der Waals surface area contributed by atoms with Gasteiger partial charge in [-0.3, -0.25) is 0 Å². The highest BCUT2D eigenvalue weighted by Gasteiger charge is 2.55. The molecule has 20 heavy (non-hydrogen) atoms. The molecule has 3 nitrogen and oxygen atoms in total. The summed E-state index contributed by atoms with van der Waals surface area (Å²) in [6, 6.07) is 4.62. The summed E-state index contributed by atoms with van der Waals surface area (Å²) in [4.78, 5) is 0. The third-order valence-corrected chi connectivity index (χ3v) is 4.99. The lowest BCUT2D eigenvalue weighted by molar-refractivity contribution is 0.424. The molecule has 104 valence electrons. The number of hydrogen-bond donors (Lipinski definition) is 1. The largest absolute Gasteiger partial charge is 0.367 e. The first-order valence-electron chi connectivity index (χ1n) is 6.88. The minimum atomic E-state index is -0.389. The lowest BCUT2D eigenvalue weighted by Crippen LogP contribution is -1.96. The van der Waals surface area contributed by atoms with E-state index in [2.05, 4.69) is 5.16 Å². The van der Waals surface area contributed by atoms with E-state index in [0.29, 0.717) is 33.9 Å². The number of nitrogens with zero attached hydrogens (tertiary/aromatic N) is 1. The van der Waals surface area contributed by atoms with Crippen LogP contribution in [-0.4, -0.2) is 5.16 Å².